The van der Waals surface area contributed by atoms with E-state index in [1.54, 1.807) is 0 Å². The lowest BCUT2D eigenvalue weighted by atomic mass is 10.1. The molecule has 0 atom stereocenters. The average molecular weight is 314 g/mol. The Hall–Kier alpha value is -2.27. The van der Waals surface area contributed by atoms with Gasteiger partial charge in [0.25, 0.3) is 0 Å². The molecule has 0 aliphatic rings. The molecule has 0 radical (unpaired) electrons. The van der Waals surface area contributed by atoms with Crippen LogP contribution < -0.4 is 5.32 Å². The average Bonchev–Trinajstić information content (AvgIpc) is 2.93. The molecule has 0 spiro atoms. The lowest BCUT2D eigenvalue weighted by Gasteiger charge is -2.02. The van der Waals surface area contributed by atoms with Gasteiger partial charge in [-0.3, -0.25) is 4.79 Å². The lowest BCUT2D eigenvalue weighted by Crippen LogP contribution is -2.13. The number of nitrogens with one attached hydrogen (secondary N) is 1. The second-order valence-corrected chi connectivity index (χ2v) is 6.19. The van der Waals surface area contributed by atoms with Crippen molar-refractivity contribution in [3.8, 4) is 0 Å². The molecule has 1 heterocycles. The van der Waals surface area contributed by atoms with E-state index in [1.165, 1.54) is 41.2 Å². The molecule has 22 heavy (non-hydrogen) atoms. The fraction of sp³-hybridized carbons (Fsp3) is 0.176. The Morgan fingerprint density at radius 3 is 2.64 bits per heavy atom. The van der Waals surface area contributed by atoms with Crippen molar-refractivity contribution in [1.82, 2.24) is 4.98 Å². The highest BCUT2D eigenvalue weighted by Crippen LogP contribution is 2.29. The van der Waals surface area contributed by atoms with Crippen LogP contribution in [-0.4, -0.2) is 17.3 Å². The van der Waals surface area contributed by atoms with Gasteiger partial charge in [0, 0.05) is 5.56 Å². The van der Waals surface area contributed by atoms with Gasteiger partial charge in [0.05, 0.1) is 16.8 Å². The normalized spacial score (nSPS) is 10.9. The Balaban J connectivity index is 1.75. The molecule has 0 amide bonds. The minimum Gasteiger partial charge on any atom is -0.354 e. The third-order valence-corrected chi connectivity index (χ3v) is 4.63. The number of aromatic nitrogens is 1. The number of Topliss-reactive ketones (excluding diaryl/α,β-unsaturated/α-hetero) is 1. The van der Waals surface area contributed by atoms with Crippen LogP contribution in [0.1, 0.15) is 21.5 Å². The van der Waals surface area contributed by atoms with Gasteiger partial charge in [-0.05, 0) is 55.3 Å². The van der Waals surface area contributed by atoms with Crippen molar-refractivity contribution in [3.05, 3.63) is 58.9 Å². The summed E-state index contributed by atoms with van der Waals surface area (Å²) in [4.78, 5) is 16.6. The van der Waals surface area contributed by atoms with Crippen molar-refractivity contribution in [2.75, 3.05) is 11.9 Å². The maximum Gasteiger partial charge on any atom is 0.184 e. The molecule has 5 heteroatoms. The molecule has 0 aliphatic heterocycles. The fourth-order valence-corrected chi connectivity index (χ4v) is 3.12. The summed E-state index contributed by atoms with van der Waals surface area (Å²) >= 11 is 1.53. The number of benzene rings is 2. The molecule has 0 aliphatic carbocycles. The van der Waals surface area contributed by atoms with Crippen LogP contribution in [0.15, 0.2) is 36.4 Å². The Morgan fingerprint density at radius 1 is 1.18 bits per heavy atom. The van der Waals surface area contributed by atoms with Gasteiger partial charge in [-0.25, -0.2) is 9.37 Å². The van der Waals surface area contributed by atoms with E-state index in [1.807, 2.05) is 13.0 Å². The Bertz CT molecular complexity index is 840. The van der Waals surface area contributed by atoms with Crippen LogP contribution in [-0.2, 0) is 0 Å². The molecular formula is C17H15FN2OS. The maximum absolute atomic E-state index is 12.9. The molecule has 0 unspecified atom stereocenters. The Morgan fingerprint density at radius 2 is 1.91 bits per heavy atom. The number of thiazole rings is 1. The molecule has 0 fully saturated rings. The van der Waals surface area contributed by atoms with Gasteiger partial charge in [-0.2, -0.15) is 0 Å². The van der Waals surface area contributed by atoms with Crippen molar-refractivity contribution in [2.24, 2.45) is 0 Å². The third-order valence-electron chi connectivity index (χ3n) is 3.65. The van der Waals surface area contributed by atoms with Crippen LogP contribution in [0.25, 0.3) is 10.2 Å². The standard InChI is InChI=1S/C17H15FN2OS/c1-10-3-8-15-16(11(10)2)20-17(22-15)19-9-14(21)12-4-6-13(18)7-5-12/h3-8H,9H2,1-2H3,(H,19,20). The molecule has 1 N–H and O–H groups in total. The first-order chi connectivity index (χ1) is 10.5. The van der Waals surface area contributed by atoms with E-state index in [0.717, 1.165) is 20.9 Å². The monoisotopic (exact) mass is 314 g/mol. The summed E-state index contributed by atoms with van der Waals surface area (Å²) in [5.74, 6) is -0.436. The van der Waals surface area contributed by atoms with E-state index >= 15 is 0 Å². The molecule has 3 aromatic rings. The number of carbonyl (C=O) groups is 1. The second-order valence-electron chi connectivity index (χ2n) is 5.16. The van der Waals surface area contributed by atoms with E-state index in [4.69, 9.17) is 0 Å². The number of ketones is 1. The van der Waals surface area contributed by atoms with Gasteiger partial charge in [0.1, 0.15) is 5.82 Å². The highest BCUT2D eigenvalue weighted by molar-refractivity contribution is 7.22. The van der Waals surface area contributed by atoms with Crippen LogP contribution in [0.2, 0.25) is 0 Å². The van der Waals surface area contributed by atoms with Gasteiger partial charge in [0.15, 0.2) is 10.9 Å². The first-order valence-electron chi connectivity index (χ1n) is 6.94. The van der Waals surface area contributed by atoms with Crippen LogP contribution in [0, 0.1) is 19.7 Å². The number of aryl methyl sites for hydroxylation is 2. The van der Waals surface area contributed by atoms with Crippen LogP contribution in [0.5, 0.6) is 0 Å². The molecule has 2 aromatic carbocycles. The molecule has 0 saturated heterocycles. The zero-order chi connectivity index (χ0) is 15.7. The van der Waals surface area contributed by atoms with E-state index in [-0.39, 0.29) is 18.1 Å². The van der Waals surface area contributed by atoms with E-state index < -0.39 is 0 Å². The van der Waals surface area contributed by atoms with Crippen molar-refractivity contribution in [3.63, 3.8) is 0 Å². The number of nitrogens with zero attached hydrogens (tertiary/aromatic N) is 1. The zero-order valence-corrected chi connectivity index (χ0v) is 13.1. The largest absolute Gasteiger partial charge is 0.354 e. The van der Waals surface area contributed by atoms with Gasteiger partial charge < -0.3 is 5.32 Å². The summed E-state index contributed by atoms with van der Waals surface area (Å²) in [6.07, 6.45) is 0. The summed E-state index contributed by atoms with van der Waals surface area (Å²) < 4.78 is 14.0. The molecular weight excluding hydrogens is 299 g/mol. The van der Waals surface area contributed by atoms with Gasteiger partial charge in [-0.1, -0.05) is 17.4 Å². The van der Waals surface area contributed by atoms with Crippen LogP contribution in [0.3, 0.4) is 0 Å². The van der Waals surface area contributed by atoms with Crippen molar-refractivity contribution in [2.45, 2.75) is 13.8 Å². The minimum atomic E-state index is -0.346. The van der Waals surface area contributed by atoms with E-state index in [2.05, 4.69) is 23.3 Å². The first-order valence-corrected chi connectivity index (χ1v) is 7.75. The molecule has 112 valence electrons. The first kappa shape index (κ1) is 14.7. The number of anilines is 1. The molecule has 1 aromatic heterocycles. The number of rotatable bonds is 4. The summed E-state index contributed by atoms with van der Waals surface area (Å²) in [6, 6.07) is 9.68. The summed E-state index contributed by atoms with van der Waals surface area (Å²) in [5.41, 5.74) is 3.82. The minimum absolute atomic E-state index is 0.0906. The quantitative estimate of drug-likeness (QED) is 0.728. The molecule has 0 saturated carbocycles. The van der Waals surface area contributed by atoms with Crippen molar-refractivity contribution < 1.29 is 9.18 Å². The predicted octanol–water partition coefficient (Wildman–Crippen LogP) is 4.35. The van der Waals surface area contributed by atoms with Crippen molar-refractivity contribution >= 4 is 32.5 Å². The Kier molecular flexibility index (Phi) is 3.90. The van der Waals surface area contributed by atoms with Gasteiger partial charge in [0.2, 0.25) is 0 Å². The molecule has 3 nitrogen and oxygen atoms in total. The van der Waals surface area contributed by atoms with Crippen LogP contribution in [0.4, 0.5) is 9.52 Å². The van der Waals surface area contributed by atoms with Crippen LogP contribution >= 0.6 is 11.3 Å². The maximum atomic E-state index is 12.9. The lowest BCUT2D eigenvalue weighted by molar-refractivity contribution is 0.101. The summed E-state index contributed by atoms with van der Waals surface area (Å²) in [6.45, 7) is 4.24. The summed E-state index contributed by atoms with van der Waals surface area (Å²) in [7, 11) is 0. The smallest absolute Gasteiger partial charge is 0.184 e. The number of halogens is 1. The fourth-order valence-electron chi connectivity index (χ4n) is 2.20. The highest BCUT2D eigenvalue weighted by Gasteiger charge is 2.10. The van der Waals surface area contributed by atoms with E-state index in [9.17, 15) is 9.18 Å². The summed E-state index contributed by atoms with van der Waals surface area (Å²) in [5, 5.41) is 3.78. The SMILES string of the molecule is Cc1ccc2sc(NCC(=O)c3ccc(F)cc3)nc2c1C. The van der Waals surface area contributed by atoms with E-state index in [0.29, 0.717) is 5.56 Å². The van der Waals surface area contributed by atoms with Gasteiger partial charge in [-0.15, -0.1) is 0 Å². The van der Waals surface area contributed by atoms with Gasteiger partial charge >= 0.3 is 0 Å². The third kappa shape index (κ3) is 2.85. The number of hydrogen-bond donors (Lipinski definition) is 1. The number of carbonyl (C=O) groups excluding carboxylic acids is 1. The topological polar surface area (TPSA) is 42.0 Å². The number of fused-ring (bicyclic) bond motifs is 1. The zero-order valence-electron chi connectivity index (χ0n) is 12.3. The second kappa shape index (κ2) is 5.85. The van der Waals surface area contributed by atoms with Crippen molar-refractivity contribution in [1.29, 1.82) is 0 Å². The molecule has 3 rings (SSSR count). The Labute approximate surface area is 131 Å². The molecule has 0 bridgehead atoms. The predicted molar refractivity (Wildman–Crippen MR) is 88.3 cm³/mol. The number of hydrogen-bond acceptors (Lipinski definition) is 4. The highest BCUT2D eigenvalue weighted by atomic mass is 32.1.